The van der Waals surface area contributed by atoms with E-state index in [9.17, 15) is 14.9 Å². The number of hydrogen-bond donors (Lipinski definition) is 0. The maximum absolute atomic E-state index is 12.3. The van der Waals surface area contributed by atoms with Gasteiger partial charge < -0.3 is 14.2 Å². The standard InChI is InChI=1S/C20H16BrClN2O6/c1-3-6-29-18-14(21)7-11(9-17(18)28-2)8-16-20(25)30-19(23-16)13-10-12(24(26)27)4-5-15(13)22/h4-5,7-10H,3,6H2,1-2H3/b16-8+. The second kappa shape index (κ2) is 9.27. The lowest BCUT2D eigenvalue weighted by Gasteiger charge is -2.13. The monoisotopic (exact) mass is 494 g/mol. The second-order valence-electron chi connectivity index (χ2n) is 6.14. The molecular weight excluding hydrogens is 480 g/mol. The van der Waals surface area contributed by atoms with Gasteiger partial charge in [0.1, 0.15) is 0 Å². The van der Waals surface area contributed by atoms with Crippen LogP contribution in [0.3, 0.4) is 0 Å². The molecule has 0 bridgehead atoms. The van der Waals surface area contributed by atoms with Crippen LogP contribution in [0.25, 0.3) is 6.08 Å². The number of nitro benzene ring substituents is 1. The summed E-state index contributed by atoms with van der Waals surface area (Å²) in [6.45, 7) is 2.52. The molecule has 0 fully saturated rings. The van der Waals surface area contributed by atoms with Crippen molar-refractivity contribution in [3.05, 3.63) is 66.8 Å². The lowest BCUT2D eigenvalue weighted by molar-refractivity contribution is -0.384. The average molecular weight is 496 g/mol. The molecule has 8 nitrogen and oxygen atoms in total. The molecule has 0 spiro atoms. The topological polar surface area (TPSA) is 100 Å². The van der Waals surface area contributed by atoms with E-state index in [0.717, 1.165) is 6.42 Å². The number of ether oxygens (including phenoxy) is 3. The number of hydrogen-bond acceptors (Lipinski definition) is 7. The summed E-state index contributed by atoms with van der Waals surface area (Å²) in [6.07, 6.45) is 2.35. The van der Waals surface area contributed by atoms with E-state index in [1.165, 1.54) is 31.4 Å². The van der Waals surface area contributed by atoms with Crippen molar-refractivity contribution in [3.63, 3.8) is 0 Å². The molecule has 0 aromatic heterocycles. The predicted molar refractivity (Wildman–Crippen MR) is 115 cm³/mol. The normalized spacial score (nSPS) is 14.5. The number of benzene rings is 2. The molecule has 1 aliphatic heterocycles. The van der Waals surface area contributed by atoms with Crippen molar-refractivity contribution in [2.75, 3.05) is 13.7 Å². The highest BCUT2D eigenvalue weighted by Crippen LogP contribution is 2.37. The van der Waals surface area contributed by atoms with E-state index in [2.05, 4.69) is 20.9 Å². The average Bonchev–Trinajstić information content (AvgIpc) is 3.07. The third kappa shape index (κ3) is 4.63. The van der Waals surface area contributed by atoms with Crippen LogP contribution in [0.5, 0.6) is 11.5 Å². The Morgan fingerprint density at radius 1 is 1.33 bits per heavy atom. The number of nitrogens with zero attached hydrogens (tertiary/aromatic N) is 2. The Hall–Kier alpha value is -2.91. The first-order valence-corrected chi connectivity index (χ1v) is 9.98. The van der Waals surface area contributed by atoms with Crippen molar-refractivity contribution in [1.82, 2.24) is 0 Å². The molecular formula is C20H16BrClN2O6. The summed E-state index contributed by atoms with van der Waals surface area (Å²) in [7, 11) is 1.52. The molecule has 30 heavy (non-hydrogen) atoms. The summed E-state index contributed by atoms with van der Waals surface area (Å²) < 4.78 is 16.9. The van der Waals surface area contributed by atoms with Gasteiger partial charge in [-0.1, -0.05) is 18.5 Å². The second-order valence-corrected chi connectivity index (χ2v) is 7.40. The Morgan fingerprint density at radius 3 is 2.77 bits per heavy atom. The minimum Gasteiger partial charge on any atom is -0.493 e. The molecule has 0 atom stereocenters. The maximum atomic E-state index is 12.3. The molecule has 1 aliphatic rings. The zero-order chi connectivity index (χ0) is 21.8. The van der Waals surface area contributed by atoms with E-state index in [4.69, 9.17) is 25.8 Å². The smallest absolute Gasteiger partial charge is 0.363 e. The van der Waals surface area contributed by atoms with Crippen molar-refractivity contribution in [2.45, 2.75) is 13.3 Å². The maximum Gasteiger partial charge on any atom is 0.363 e. The fourth-order valence-corrected chi connectivity index (χ4v) is 3.41. The lowest BCUT2D eigenvalue weighted by Crippen LogP contribution is -2.06. The largest absolute Gasteiger partial charge is 0.493 e. The fourth-order valence-electron chi connectivity index (χ4n) is 2.64. The summed E-state index contributed by atoms with van der Waals surface area (Å²) >= 11 is 9.55. The first-order chi connectivity index (χ1) is 14.3. The van der Waals surface area contributed by atoms with E-state index >= 15 is 0 Å². The Labute approximate surface area is 185 Å². The number of non-ortho nitro benzene ring substituents is 1. The number of cyclic esters (lactones) is 1. The number of carbonyl (C=O) groups is 1. The van der Waals surface area contributed by atoms with Gasteiger partial charge in [-0.05, 0) is 52.2 Å². The molecule has 0 saturated heterocycles. The van der Waals surface area contributed by atoms with Gasteiger partial charge in [0.05, 0.1) is 33.7 Å². The highest BCUT2D eigenvalue weighted by molar-refractivity contribution is 9.10. The Morgan fingerprint density at radius 2 is 2.10 bits per heavy atom. The van der Waals surface area contributed by atoms with Gasteiger partial charge in [-0.25, -0.2) is 9.79 Å². The number of nitro groups is 1. The van der Waals surface area contributed by atoms with Gasteiger partial charge in [-0.3, -0.25) is 10.1 Å². The first-order valence-electron chi connectivity index (χ1n) is 8.81. The van der Waals surface area contributed by atoms with Crippen LogP contribution in [0.4, 0.5) is 5.69 Å². The van der Waals surface area contributed by atoms with Crippen LogP contribution in [0.15, 0.2) is 45.5 Å². The van der Waals surface area contributed by atoms with Crippen LogP contribution in [-0.2, 0) is 9.53 Å². The summed E-state index contributed by atoms with van der Waals surface area (Å²) in [5.74, 6) is 0.243. The highest BCUT2D eigenvalue weighted by Gasteiger charge is 2.27. The third-order valence-corrected chi connectivity index (χ3v) is 4.94. The molecule has 0 saturated carbocycles. The van der Waals surface area contributed by atoms with Gasteiger partial charge in [0, 0.05) is 12.1 Å². The number of carbonyl (C=O) groups excluding carboxylic acids is 1. The summed E-state index contributed by atoms with van der Waals surface area (Å²) in [5.41, 5.74) is 0.597. The van der Waals surface area contributed by atoms with Gasteiger partial charge in [-0.15, -0.1) is 0 Å². The van der Waals surface area contributed by atoms with E-state index < -0.39 is 10.9 Å². The van der Waals surface area contributed by atoms with Gasteiger partial charge in [0.25, 0.3) is 5.69 Å². The van der Waals surface area contributed by atoms with Gasteiger partial charge >= 0.3 is 5.97 Å². The van der Waals surface area contributed by atoms with Crippen LogP contribution < -0.4 is 9.47 Å². The summed E-state index contributed by atoms with van der Waals surface area (Å²) in [4.78, 5) is 26.9. The molecule has 2 aromatic rings. The fraction of sp³-hybridized carbons (Fsp3) is 0.200. The first kappa shape index (κ1) is 21.8. The van der Waals surface area contributed by atoms with Crippen molar-refractivity contribution in [2.24, 2.45) is 4.99 Å². The number of methoxy groups -OCH3 is 1. The molecule has 0 unspecified atom stereocenters. The van der Waals surface area contributed by atoms with E-state index in [1.807, 2.05) is 6.92 Å². The van der Waals surface area contributed by atoms with Gasteiger partial charge in [0.15, 0.2) is 17.2 Å². The summed E-state index contributed by atoms with van der Waals surface area (Å²) in [6, 6.07) is 7.26. The molecule has 1 heterocycles. The Balaban J connectivity index is 1.98. The molecule has 10 heteroatoms. The van der Waals surface area contributed by atoms with Gasteiger partial charge in [0.2, 0.25) is 5.90 Å². The highest BCUT2D eigenvalue weighted by atomic mass is 79.9. The number of aliphatic imine (C=N–C) groups is 1. The quantitative estimate of drug-likeness (QED) is 0.228. The van der Waals surface area contributed by atoms with Crippen molar-refractivity contribution in [3.8, 4) is 11.5 Å². The van der Waals surface area contributed by atoms with Crippen molar-refractivity contribution in [1.29, 1.82) is 0 Å². The molecule has 3 rings (SSSR count). The predicted octanol–water partition coefficient (Wildman–Crippen LogP) is 5.15. The lowest BCUT2D eigenvalue weighted by atomic mass is 10.1. The van der Waals surface area contributed by atoms with Crippen LogP contribution in [-0.4, -0.2) is 30.5 Å². The zero-order valence-electron chi connectivity index (χ0n) is 16.0. The minimum absolute atomic E-state index is 0.0174. The van der Waals surface area contributed by atoms with Crippen LogP contribution >= 0.6 is 27.5 Å². The molecule has 0 radical (unpaired) electrons. The molecule has 156 valence electrons. The third-order valence-electron chi connectivity index (χ3n) is 4.02. The van der Waals surface area contributed by atoms with E-state index in [1.54, 1.807) is 12.1 Å². The van der Waals surface area contributed by atoms with Crippen LogP contribution in [0.2, 0.25) is 5.02 Å². The summed E-state index contributed by atoms with van der Waals surface area (Å²) in [5, 5.41) is 11.2. The van der Waals surface area contributed by atoms with Crippen LogP contribution in [0.1, 0.15) is 24.5 Å². The van der Waals surface area contributed by atoms with Crippen molar-refractivity contribution < 1.29 is 23.9 Å². The molecule has 2 aromatic carbocycles. The SMILES string of the molecule is CCCOc1c(Br)cc(/C=C2/N=C(c3cc([N+](=O)[O-])ccc3Cl)OC2=O)cc1OC. The van der Waals surface area contributed by atoms with E-state index in [0.29, 0.717) is 28.1 Å². The number of esters is 1. The molecule has 0 N–H and O–H groups in total. The zero-order valence-corrected chi connectivity index (χ0v) is 18.3. The Bertz CT molecular complexity index is 1080. The minimum atomic E-state index is -0.700. The van der Waals surface area contributed by atoms with Crippen molar-refractivity contribution >= 4 is 51.2 Å². The Kier molecular flexibility index (Phi) is 6.73. The van der Waals surface area contributed by atoms with E-state index in [-0.39, 0.29) is 27.9 Å². The van der Waals surface area contributed by atoms with Crippen LogP contribution in [0, 0.1) is 10.1 Å². The molecule has 0 amide bonds. The van der Waals surface area contributed by atoms with Gasteiger partial charge in [-0.2, -0.15) is 0 Å². The number of halogens is 2. The molecule has 0 aliphatic carbocycles. The number of rotatable bonds is 7.